The minimum Gasteiger partial charge on any atom is -0.456 e. The van der Waals surface area contributed by atoms with E-state index in [1.165, 1.54) is 0 Å². The van der Waals surface area contributed by atoms with E-state index >= 15 is 18.3 Å². The van der Waals surface area contributed by atoms with Crippen LogP contribution in [0.3, 0.4) is 0 Å². The van der Waals surface area contributed by atoms with Crippen molar-refractivity contribution in [1.82, 2.24) is 0 Å². The molecule has 0 aliphatic rings. The predicted octanol–water partition coefficient (Wildman–Crippen LogP) is 14.1. The molecule has 1 heterocycles. The van der Waals surface area contributed by atoms with Crippen molar-refractivity contribution in [2.75, 3.05) is 0 Å². The molecule has 0 radical (unpaired) electrons. The van der Waals surface area contributed by atoms with Gasteiger partial charge in [0.05, 0.1) is 10.6 Å². The normalized spacial score (nSPS) is 12.7. The summed E-state index contributed by atoms with van der Waals surface area (Å²) in [6, 6.07) is 100. The second-order valence-corrected chi connectivity index (χ2v) is 32.1. The molecule has 13 rings (SSSR count). The van der Waals surface area contributed by atoms with Crippen LogP contribution < -0.4 is 68.4 Å². The highest BCUT2D eigenvalue weighted by Crippen LogP contribution is 2.51. The number of thiophene rings is 1. The first-order valence-electron chi connectivity index (χ1n) is 27.0. The van der Waals surface area contributed by atoms with Gasteiger partial charge in [0.15, 0.2) is 28.6 Å². The zero-order valence-corrected chi connectivity index (χ0v) is 48.7. The maximum atomic E-state index is 16.7. The molecule has 0 N–H and O–H groups in total. The van der Waals surface area contributed by atoms with Gasteiger partial charge in [-0.2, -0.15) is 0 Å². The Hall–Kier alpha value is -8.42. The second-order valence-electron chi connectivity index (χ2n) is 20.1. The molecule has 396 valence electrons. The number of hydrogen-bond acceptors (Lipinski definition) is 6. The largest absolute Gasteiger partial charge is 0.456 e. The van der Waals surface area contributed by atoms with Crippen LogP contribution in [0.15, 0.2) is 315 Å². The Morgan fingerprint density at radius 3 is 0.963 bits per heavy atom. The van der Waals surface area contributed by atoms with E-state index in [1.807, 2.05) is 291 Å². The van der Waals surface area contributed by atoms with Crippen LogP contribution in [0.25, 0.3) is 31.3 Å². The number of ether oxygens (including phenoxy) is 1. The van der Waals surface area contributed by atoms with Gasteiger partial charge in [-0.1, -0.05) is 249 Å². The maximum Gasteiger partial charge on any atom is 0.174 e. The smallest absolute Gasteiger partial charge is 0.174 e. The van der Waals surface area contributed by atoms with Gasteiger partial charge < -0.3 is 23.0 Å². The number of hydrogen-bond donors (Lipinski definition) is 0. The molecule has 1 aromatic heterocycles. The van der Waals surface area contributed by atoms with Crippen molar-refractivity contribution < 1.29 is 23.0 Å². The highest BCUT2D eigenvalue weighted by molar-refractivity contribution is 7.86. The fraction of sp³-hybridized carbons (Fsp3) is 0. The lowest BCUT2D eigenvalue weighted by Gasteiger charge is -2.26. The van der Waals surface area contributed by atoms with Crippen molar-refractivity contribution in [3.63, 3.8) is 0 Å². The summed E-state index contributed by atoms with van der Waals surface area (Å²) in [5, 5.41) is 9.59. The molecule has 0 spiro atoms. The van der Waals surface area contributed by atoms with E-state index < -0.39 is 28.6 Å². The van der Waals surface area contributed by atoms with E-state index in [1.54, 1.807) is 11.3 Å². The Kier molecular flexibility index (Phi) is 14.3. The summed E-state index contributed by atoms with van der Waals surface area (Å²) in [6.45, 7) is 0. The summed E-state index contributed by atoms with van der Waals surface area (Å²) in [5.41, 5.74) is 1.49. The first-order chi connectivity index (χ1) is 40.2. The lowest BCUT2D eigenvalue weighted by atomic mass is 10.1. The summed E-state index contributed by atoms with van der Waals surface area (Å²) < 4.78 is 74.3. The van der Waals surface area contributed by atoms with Crippen molar-refractivity contribution >= 4 is 124 Å². The second kappa shape index (κ2) is 22.1. The molecule has 0 aliphatic heterocycles. The minimum absolute atomic E-state index is 0.323. The number of rotatable bonds is 15. The summed E-state index contributed by atoms with van der Waals surface area (Å²) in [4.78, 5) is 0. The number of fused-ring (bicyclic) bond motifs is 3. The first kappa shape index (κ1) is 52.9. The molecule has 1 unspecified atom stereocenters. The van der Waals surface area contributed by atoms with Gasteiger partial charge in [0.1, 0.15) is 11.5 Å². The third-order valence-corrected chi connectivity index (χ3v) is 28.7. The lowest BCUT2D eigenvalue weighted by molar-refractivity contribution is 0.489. The molecule has 0 amide bonds. The Morgan fingerprint density at radius 1 is 0.232 bits per heavy atom. The van der Waals surface area contributed by atoms with Crippen molar-refractivity contribution in [2.45, 2.75) is 0 Å². The fourth-order valence-electron chi connectivity index (χ4n) is 11.2. The van der Waals surface area contributed by atoms with Crippen LogP contribution in [0.4, 0.5) is 0 Å². The standard InChI is InChI=1S/C72H52O5P4S/c73-78(55-26-8-1-9-27-55,56-28-10-2-11-29-56)63-44-47-71-65(51-63)66-52-64(45-48-72(66)82-71)79(74,57-30-12-3-13-31-57)62-40-24-25-53(49-62)54-43-46-70(81(76,60-36-18-6-19-37-60)61-38-20-7-21-39-61)68(50-54)77-67-41-22-23-42-69(67)80(75,58-32-14-4-15-33-58)59-34-16-5-17-35-59/h1-52H. The van der Waals surface area contributed by atoms with Crippen molar-refractivity contribution in [2.24, 2.45) is 0 Å². The van der Waals surface area contributed by atoms with Gasteiger partial charge in [0, 0.05) is 73.2 Å². The first-order valence-corrected chi connectivity index (χ1v) is 34.6. The molecule has 0 aliphatic carbocycles. The summed E-state index contributed by atoms with van der Waals surface area (Å²) >= 11 is 1.66. The van der Waals surface area contributed by atoms with Crippen molar-refractivity contribution in [3.05, 3.63) is 315 Å². The molecule has 10 heteroatoms. The van der Waals surface area contributed by atoms with Crippen LogP contribution >= 0.6 is 39.9 Å². The molecule has 0 bridgehead atoms. The topological polar surface area (TPSA) is 77.5 Å². The van der Waals surface area contributed by atoms with E-state index in [4.69, 9.17) is 4.74 Å². The SMILES string of the molecule is O=P(c1ccccc1)(c1ccccc1)c1ccc2sc3ccc(P(=O)(c4ccccc4)c4cccc(-c5ccc(P(=O)(c6ccccc6)c6ccccc6)c(Oc6ccccc6P(=O)(c6ccccc6)c6ccccc6)c5)c4)cc3c2c1. The quantitative estimate of drug-likeness (QED) is 0.0956. The van der Waals surface area contributed by atoms with Crippen LogP contribution in [0, 0.1) is 0 Å². The molecule has 5 nitrogen and oxygen atoms in total. The Bertz CT molecular complexity index is 4530. The van der Waals surface area contributed by atoms with E-state index in [2.05, 4.69) is 24.3 Å². The summed E-state index contributed by atoms with van der Waals surface area (Å²) in [7, 11) is -14.2. The van der Waals surface area contributed by atoms with Crippen molar-refractivity contribution in [1.29, 1.82) is 0 Å². The van der Waals surface area contributed by atoms with Crippen LogP contribution in [0.1, 0.15) is 0 Å². The molecule has 1 atom stereocenters. The monoisotopic (exact) mass is 1150 g/mol. The van der Waals surface area contributed by atoms with Gasteiger partial charge in [-0.3, -0.25) is 0 Å². The average Bonchev–Trinajstić information content (AvgIpc) is 3.81. The fourth-order valence-corrected chi connectivity index (χ4v) is 23.1. The van der Waals surface area contributed by atoms with E-state index in [9.17, 15) is 0 Å². The molecule has 0 fully saturated rings. The molecule has 82 heavy (non-hydrogen) atoms. The van der Waals surface area contributed by atoms with Crippen LogP contribution in [-0.2, 0) is 18.3 Å². The van der Waals surface area contributed by atoms with E-state index in [0.29, 0.717) is 59.2 Å². The maximum absolute atomic E-state index is 16.7. The summed E-state index contributed by atoms with van der Waals surface area (Å²) in [5.74, 6) is 0.682. The number of para-hydroxylation sites is 1. The zero-order chi connectivity index (χ0) is 55.7. The lowest BCUT2D eigenvalue weighted by Crippen LogP contribution is -2.28. The Balaban J connectivity index is 0.978. The Morgan fingerprint density at radius 2 is 0.549 bits per heavy atom. The predicted molar refractivity (Wildman–Crippen MR) is 349 cm³/mol. The van der Waals surface area contributed by atoms with Crippen LogP contribution in [-0.4, -0.2) is 0 Å². The van der Waals surface area contributed by atoms with E-state index in [0.717, 1.165) is 47.2 Å². The molecular weight excluding hydrogens is 1100 g/mol. The van der Waals surface area contributed by atoms with Gasteiger partial charge in [-0.25, -0.2) is 0 Å². The number of benzene rings is 12. The highest BCUT2D eigenvalue weighted by atomic mass is 32.1. The molecule has 0 saturated heterocycles. The highest BCUT2D eigenvalue weighted by Gasteiger charge is 2.37. The van der Waals surface area contributed by atoms with Gasteiger partial charge in [0.2, 0.25) is 0 Å². The van der Waals surface area contributed by atoms with Crippen molar-refractivity contribution in [3.8, 4) is 22.6 Å². The zero-order valence-electron chi connectivity index (χ0n) is 44.3. The third kappa shape index (κ3) is 9.32. The van der Waals surface area contributed by atoms with Crippen LogP contribution in [0.5, 0.6) is 11.5 Å². The van der Waals surface area contributed by atoms with Crippen LogP contribution in [0.2, 0.25) is 0 Å². The van der Waals surface area contributed by atoms with E-state index in [-0.39, 0.29) is 0 Å². The average molecular weight is 1150 g/mol. The summed E-state index contributed by atoms with van der Waals surface area (Å²) in [6.07, 6.45) is 0. The van der Waals surface area contributed by atoms with Gasteiger partial charge in [0.25, 0.3) is 0 Å². The van der Waals surface area contributed by atoms with Gasteiger partial charge in [-0.15, -0.1) is 11.3 Å². The third-order valence-electron chi connectivity index (χ3n) is 15.3. The molecule has 13 aromatic rings. The molecule has 12 aromatic carbocycles. The van der Waals surface area contributed by atoms with Gasteiger partial charge in [-0.05, 0) is 77.9 Å². The van der Waals surface area contributed by atoms with Gasteiger partial charge >= 0.3 is 0 Å². The molecular formula is C72H52O5P4S. The Labute approximate surface area is 481 Å². The minimum atomic E-state index is -3.68. The molecule has 0 saturated carbocycles.